The van der Waals surface area contributed by atoms with Crippen molar-refractivity contribution in [2.45, 2.75) is 44.8 Å². The molecular formula is C19H23N3OS. The third-order valence-corrected chi connectivity index (χ3v) is 6.10. The Bertz CT molecular complexity index is 715. The fourth-order valence-corrected chi connectivity index (χ4v) is 4.84. The number of nitrogens with zero attached hydrogens (tertiary/aromatic N) is 3. The van der Waals surface area contributed by atoms with Crippen LogP contribution in [0.2, 0.25) is 0 Å². The highest BCUT2D eigenvalue weighted by Crippen LogP contribution is 2.33. The Balaban J connectivity index is 1.41. The molecule has 24 heavy (non-hydrogen) atoms. The van der Waals surface area contributed by atoms with Crippen LogP contribution in [0.1, 0.15) is 29.1 Å². The van der Waals surface area contributed by atoms with Gasteiger partial charge >= 0.3 is 0 Å². The summed E-state index contributed by atoms with van der Waals surface area (Å²) < 4.78 is 0. The van der Waals surface area contributed by atoms with Gasteiger partial charge in [-0.2, -0.15) is 0 Å². The molecule has 0 bridgehead atoms. The Morgan fingerprint density at radius 3 is 2.88 bits per heavy atom. The van der Waals surface area contributed by atoms with E-state index >= 15 is 0 Å². The minimum Gasteiger partial charge on any atom is -0.338 e. The highest BCUT2D eigenvalue weighted by atomic mass is 32.1. The highest BCUT2D eigenvalue weighted by Gasteiger charge is 2.44. The van der Waals surface area contributed by atoms with Crippen LogP contribution in [0.4, 0.5) is 0 Å². The summed E-state index contributed by atoms with van der Waals surface area (Å²) in [4.78, 5) is 23.1. The van der Waals surface area contributed by atoms with Crippen molar-refractivity contribution in [2.24, 2.45) is 0 Å². The van der Waals surface area contributed by atoms with Crippen LogP contribution in [-0.2, 0) is 17.8 Å². The van der Waals surface area contributed by atoms with Gasteiger partial charge in [-0.15, -0.1) is 11.3 Å². The first-order chi connectivity index (χ1) is 11.7. The minimum atomic E-state index is 0.292. The van der Waals surface area contributed by atoms with Crippen LogP contribution in [-0.4, -0.2) is 45.9 Å². The number of hydrogen-bond acceptors (Lipinski definition) is 4. The molecule has 0 spiro atoms. The molecule has 2 atom stereocenters. The maximum atomic E-state index is 12.7. The van der Waals surface area contributed by atoms with Crippen molar-refractivity contribution < 1.29 is 4.79 Å². The molecule has 2 fully saturated rings. The van der Waals surface area contributed by atoms with Gasteiger partial charge in [-0.25, -0.2) is 0 Å². The molecule has 2 aromatic heterocycles. The monoisotopic (exact) mass is 341 g/mol. The average Bonchev–Trinajstić information content (AvgIpc) is 3.26. The van der Waals surface area contributed by atoms with Crippen LogP contribution in [0.15, 0.2) is 35.7 Å². The number of aromatic nitrogens is 1. The van der Waals surface area contributed by atoms with E-state index in [-0.39, 0.29) is 0 Å². The summed E-state index contributed by atoms with van der Waals surface area (Å²) in [6.07, 6.45) is 2.74. The van der Waals surface area contributed by atoms with Gasteiger partial charge in [0, 0.05) is 42.3 Å². The number of hydrogen-bond donors (Lipinski definition) is 0. The van der Waals surface area contributed by atoms with Crippen molar-refractivity contribution in [1.82, 2.24) is 14.8 Å². The van der Waals surface area contributed by atoms with E-state index in [0.29, 0.717) is 24.4 Å². The van der Waals surface area contributed by atoms with Crippen LogP contribution in [0.25, 0.3) is 0 Å². The molecule has 2 aromatic rings. The van der Waals surface area contributed by atoms with E-state index in [1.165, 1.54) is 4.88 Å². The lowest BCUT2D eigenvalue weighted by atomic mass is 10.1. The maximum Gasteiger partial charge on any atom is 0.228 e. The highest BCUT2D eigenvalue weighted by molar-refractivity contribution is 7.10. The maximum absolute atomic E-state index is 12.7. The molecule has 2 aliphatic rings. The summed E-state index contributed by atoms with van der Waals surface area (Å²) in [5.74, 6) is 0.292. The Kier molecular flexibility index (Phi) is 4.37. The predicted molar refractivity (Wildman–Crippen MR) is 95.9 cm³/mol. The Morgan fingerprint density at radius 2 is 2.08 bits per heavy atom. The zero-order chi connectivity index (χ0) is 16.5. The number of carbonyl (C=O) groups is 1. The van der Waals surface area contributed by atoms with Gasteiger partial charge in [0.25, 0.3) is 0 Å². The van der Waals surface area contributed by atoms with Crippen LogP contribution in [0.3, 0.4) is 0 Å². The van der Waals surface area contributed by atoms with Crippen molar-refractivity contribution in [3.05, 3.63) is 52.0 Å². The molecule has 126 valence electrons. The van der Waals surface area contributed by atoms with Gasteiger partial charge in [-0.3, -0.25) is 14.7 Å². The van der Waals surface area contributed by atoms with Gasteiger partial charge in [0.05, 0.1) is 12.1 Å². The molecule has 1 amide bonds. The zero-order valence-corrected chi connectivity index (χ0v) is 14.8. The molecule has 4 heterocycles. The van der Waals surface area contributed by atoms with Crippen LogP contribution >= 0.6 is 11.3 Å². The van der Waals surface area contributed by atoms with E-state index < -0.39 is 0 Å². The number of likely N-dealkylation sites (tertiary alicyclic amines) is 2. The van der Waals surface area contributed by atoms with Gasteiger partial charge in [0.15, 0.2) is 0 Å². The number of carbonyl (C=O) groups excluding carboxylic acids is 1. The van der Waals surface area contributed by atoms with Crippen molar-refractivity contribution in [3.63, 3.8) is 0 Å². The SMILES string of the molecule is Cc1cccc(CN2CC[C@@H]3[C@@H]2CCN3C(=O)Cc2cccs2)n1. The first kappa shape index (κ1) is 15.8. The second kappa shape index (κ2) is 6.65. The predicted octanol–water partition coefficient (Wildman–Crippen LogP) is 2.87. The molecule has 4 rings (SSSR count). The van der Waals surface area contributed by atoms with Gasteiger partial charge in [-0.1, -0.05) is 12.1 Å². The minimum absolute atomic E-state index is 0.292. The quantitative estimate of drug-likeness (QED) is 0.858. The number of rotatable bonds is 4. The van der Waals surface area contributed by atoms with Crippen molar-refractivity contribution in [3.8, 4) is 0 Å². The van der Waals surface area contributed by atoms with E-state index in [2.05, 4.69) is 33.0 Å². The van der Waals surface area contributed by atoms with Gasteiger partial charge < -0.3 is 4.90 Å². The van der Waals surface area contributed by atoms with Crippen LogP contribution in [0, 0.1) is 6.92 Å². The summed E-state index contributed by atoms with van der Waals surface area (Å²) in [6, 6.07) is 11.2. The molecule has 0 unspecified atom stereocenters. The lowest BCUT2D eigenvalue weighted by Gasteiger charge is -2.25. The summed E-state index contributed by atoms with van der Waals surface area (Å²) in [5, 5.41) is 2.04. The molecule has 0 aromatic carbocycles. The zero-order valence-electron chi connectivity index (χ0n) is 14.0. The topological polar surface area (TPSA) is 36.4 Å². The summed E-state index contributed by atoms with van der Waals surface area (Å²) >= 11 is 1.67. The third kappa shape index (κ3) is 3.10. The first-order valence-electron chi connectivity index (χ1n) is 8.69. The first-order valence-corrected chi connectivity index (χ1v) is 9.57. The molecule has 0 aliphatic carbocycles. The third-order valence-electron chi connectivity index (χ3n) is 5.23. The number of amides is 1. The van der Waals surface area contributed by atoms with E-state index in [4.69, 9.17) is 0 Å². The molecule has 2 saturated heterocycles. The Hall–Kier alpha value is -1.72. The smallest absolute Gasteiger partial charge is 0.228 e. The largest absolute Gasteiger partial charge is 0.338 e. The van der Waals surface area contributed by atoms with Gasteiger partial charge in [0.1, 0.15) is 0 Å². The van der Waals surface area contributed by atoms with E-state index in [1.54, 1.807) is 11.3 Å². The number of fused-ring (bicyclic) bond motifs is 1. The van der Waals surface area contributed by atoms with Crippen LogP contribution < -0.4 is 0 Å². The lowest BCUT2D eigenvalue weighted by molar-refractivity contribution is -0.131. The Labute approximate surface area is 147 Å². The van der Waals surface area contributed by atoms with E-state index in [1.807, 2.05) is 24.4 Å². The van der Waals surface area contributed by atoms with E-state index in [0.717, 1.165) is 43.9 Å². The summed E-state index contributed by atoms with van der Waals surface area (Å²) in [6.45, 7) is 4.90. The summed E-state index contributed by atoms with van der Waals surface area (Å²) in [7, 11) is 0. The number of pyridine rings is 1. The second-order valence-electron chi connectivity index (χ2n) is 6.80. The Morgan fingerprint density at radius 1 is 1.21 bits per heavy atom. The van der Waals surface area contributed by atoms with Crippen molar-refractivity contribution in [1.29, 1.82) is 0 Å². The normalized spacial score (nSPS) is 23.6. The summed E-state index contributed by atoms with van der Waals surface area (Å²) in [5.41, 5.74) is 2.21. The fourth-order valence-electron chi connectivity index (χ4n) is 4.14. The standard InChI is InChI=1S/C19H23N3OS/c1-14-4-2-5-15(20-14)13-21-9-7-18-17(21)8-10-22(18)19(23)12-16-6-3-11-24-16/h2-6,11,17-18H,7-10,12-13H2,1H3/t17-,18+/m0/s1. The molecule has 0 radical (unpaired) electrons. The second-order valence-corrected chi connectivity index (χ2v) is 7.83. The van der Waals surface area contributed by atoms with Crippen LogP contribution in [0.5, 0.6) is 0 Å². The molecule has 5 heteroatoms. The lowest BCUT2D eigenvalue weighted by Crippen LogP contribution is -2.40. The van der Waals surface area contributed by atoms with Gasteiger partial charge in [-0.05, 0) is 43.3 Å². The fraction of sp³-hybridized carbons (Fsp3) is 0.474. The van der Waals surface area contributed by atoms with Gasteiger partial charge in [0.2, 0.25) is 5.91 Å². The van der Waals surface area contributed by atoms with Crippen molar-refractivity contribution in [2.75, 3.05) is 13.1 Å². The molecular weight excluding hydrogens is 318 g/mol. The average molecular weight is 341 g/mol. The number of aryl methyl sites for hydroxylation is 1. The van der Waals surface area contributed by atoms with E-state index in [9.17, 15) is 4.79 Å². The molecule has 4 nitrogen and oxygen atoms in total. The number of thiophene rings is 1. The molecule has 2 aliphatic heterocycles. The molecule has 0 saturated carbocycles. The molecule has 0 N–H and O–H groups in total. The van der Waals surface area contributed by atoms with Crippen molar-refractivity contribution >= 4 is 17.2 Å².